The van der Waals surface area contributed by atoms with Crippen molar-refractivity contribution in [1.82, 2.24) is 19.6 Å². The zero-order chi connectivity index (χ0) is 18.1. The van der Waals surface area contributed by atoms with Gasteiger partial charge in [0.25, 0.3) is 5.91 Å². The first-order valence-corrected chi connectivity index (χ1v) is 9.35. The second-order valence-electron chi connectivity index (χ2n) is 5.19. The highest BCUT2D eigenvalue weighted by Crippen LogP contribution is 2.25. The van der Waals surface area contributed by atoms with Gasteiger partial charge in [-0.3, -0.25) is 14.2 Å². The van der Waals surface area contributed by atoms with Gasteiger partial charge in [0.05, 0.1) is 31.7 Å². The number of amides is 1. The lowest BCUT2D eigenvalue weighted by atomic mass is 10.2. The van der Waals surface area contributed by atoms with Crippen molar-refractivity contribution >= 4 is 66.8 Å². The van der Waals surface area contributed by atoms with E-state index in [2.05, 4.69) is 47.4 Å². The Kier molecular flexibility index (Phi) is 5.52. The summed E-state index contributed by atoms with van der Waals surface area (Å²) < 4.78 is 4.45. The van der Waals surface area contributed by atoms with E-state index in [1.54, 1.807) is 36.3 Å². The molecule has 0 aliphatic heterocycles. The van der Waals surface area contributed by atoms with Gasteiger partial charge in [-0.15, -0.1) is 0 Å². The molecule has 25 heavy (non-hydrogen) atoms. The Bertz CT molecular complexity index is 934. The molecule has 0 bridgehead atoms. The van der Waals surface area contributed by atoms with Crippen molar-refractivity contribution in [2.75, 3.05) is 5.32 Å². The molecule has 1 aromatic carbocycles. The number of nitrogens with zero attached hydrogens (tertiary/aromatic N) is 4. The zero-order valence-corrected chi connectivity index (χ0v) is 17.5. The average Bonchev–Trinajstić information content (AvgIpc) is 3.05. The molecule has 2 aromatic heterocycles. The molecule has 1 N–H and O–H groups in total. The Morgan fingerprint density at radius 3 is 2.64 bits per heavy atom. The highest BCUT2D eigenvalue weighted by Gasteiger charge is 2.18. The Morgan fingerprint density at radius 1 is 1.24 bits per heavy atom. The van der Waals surface area contributed by atoms with Crippen LogP contribution in [-0.4, -0.2) is 25.5 Å². The minimum Gasteiger partial charge on any atom is -0.303 e. The summed E-state index contributed by atoms with van der Waals surface area (Å²) in [5.41, 5.74) is 1.35. The van der Waals surface area contributed by atoms with Gasteiger partial charge >= 0.3 is 0 Å². The Morgan fingerprint density at radius 2 is 2.00 bits per heavy atom. The highest BCUT2D eigenvalue weighted by molar-refractivity contribution is 9.11. The first-order valence-electron chi connectivity index (χ1n) is 7.01. The molecule has 2 heterocycles. The minimum absolute atomic E-state index is 0.313. The normalized spacial score (nSPS) is 10.9. The van der Waals surface area contributed by atoms with Crippen LogP contribution in [0.3, 0.4) is 0 Å². The average molecular weight is 508 g/mol. The van der Waals surface area contributed by atoms with Crippen molar-refractivity contribution in [3.8, 4) is 0 Å². The number of aromatic nitrogens is 4. The van der Waals surface area contributed by atoms with E-state index < -0.39 is 0 Å². The predicted octanol–water partition coefficient (Wildman–Crippen LogP) is 4.75. The number of carbonyl (C=O) groups excluding carboxylic acids is 1. The van der Waals surface area contributed by atoms with Crippen molar-refractivity contribution in [3.05, 3.63) is 60.8 Å². The minimum atomic E-state index is -0.313. The van der Waals surface area contributed by atoms with Crippen molar-refractivity contribution in [1.29, 1.82) is 0 Å². The molecule has 3 rings (SSSR count). The van der Waals surface area contributed by atoms with Gasteiger partial charge in [0, 0.05) is 13.2 Å². The topological polar surface area (TPSA) is 64.7 Å². The highest BCUT2D eigenvalue weighted by atomic mass is 79.9. The number of nitrogens with one attached hydrogen (secondary N) is 1. The summed E-state index contributed by atoms with van der Waals surface area (Å²) in [6, 6.07) is 5.39. The maximum Gasteiger partial charge on any atom is 0.276 e. The molecular weight excluding hydrogens is 497 g/mol. The number of carbonyl (C=O) groups is 1. The van der Waals surface area contributed by atoms with Crippen LogP contribution in [0.15, 0.2) is 39.5 Å². The molecule has 3 aromatic rings. The van der Waals surface area contributed by atoms with Crippen LogP contribution in [-0.2, 0) is 13.6 Å². The molecule has 130 valence electrons. The summed E-state index contributed by atoms with van der Waals surface area (Å²) in [5, 5.41) is 12.2. The number of halogens is 4. The van der Waals surface area contributed by atoms with E-state index in [-0.39, 0.29) is 5.91 Å². The van der Waals surface area contributed by atoms with Crippen molar-refractivity contribution < 1.29 is 4.79 Å². The number of hydrogen-bond acceptors (Lipinski definition) is 3. The Hall–Kier alpha value is -1.35. The second-order valence-corrected chi connectivity index (χ2v) is 7.71. The lowest BCUT2D eigenvalue weighted by molar-refractivity contribution is 0.101. The van der Waals surface area contributed by atoms with Crippen LogP contribution in [0.5, 0.6) is 0 Å². The van der Waals surface area contributed by atoms with Gasteiger partial charge in [-0.2, -0.15) is 10.2 Å². The summed E-state index contributed by atoms with van der Waals surface area (Å²) in [6.07, 6.45) is 3.34. The van der Waals surface area contributed by atoms with Crippen molar-refractivity contribution in [2.24, 2.45) is 7.05 Å². The maximum absolute atomic E-state index is 12.4. The number of benzene rings is 1. The molecule has 0 radical (unpaired) electrons. The smallest absolute Gasteiger partial charge is 0.276 e. The van der Waals surface area contributed by atoms with E-state index in [0.717, 1.165) is 5.56 Å². The van der Waals surface area contributed by atoms with Gasteiger partial charge < -0.3 is 5.32 Å². The molecule has 1 amide bonds. The van der Waals surface area contributed by atoms with Gasteiger partial charge in [-0.05, 0) is 49.6 Å². The lowest BCUT2D eigenvalue weighted by Gasteiger charge is -2.05. The molecule has 6 nitrogen and oxygen atoms in total. The first-order chi connectivity index (χ1) is 11.8. The molecule has 0 aliphatic carbocycles. The Labute approximate surface area is 170 Å². The molecule has 0 saturated carbocycles. The predicted molar refractivity (Wildman–Crippen MR) is 104 cm³/mol. The Balaban J connectivity index is 1.78. The van der Waals surface area contributed by atoms with E-state index in [1.165, 1.54) is 4.68 Å². The molecular formula is C15H11Br2Cl2N5O. The number of hydrogen-bond donors (Lipinski definition) is 1. The van der Waals surface area contributed by atoms with Gasteiger partial charge in [0.15, 0.2) is 5.82 Å². The number of anilines is 1. The molecule has 10 heteroatoms. The third-order valence-electron chi connectivity index (χ3n) is 3.39. The zero-order valence-electron chi connectivity index (χ0n) is 12.8. The quantitative estimate of drug-likeness (QED) is 0.554. The molecule has 0 unspecified atom stereocenters. The van der Waals surface area contributed by atoms with E-state index in [0.29, 0.717) is 37.0 Å². The fourth-order valence-corrected chi connectivity index (χ4v) is 3.48. The standard InChI is InChI=1S/C15H11Br2Cl2N5O/c1-23-13(9(16)5-20-23)15(25)21-14-10(17)7-24(22-14)6-8-2-3-11(18)12(19)4-8/h2-5,7H,6H2,1H3,(H,21,22,25). The third kappa shape index (κ3) is 4.08. The van der Waals surface area contributed by atoms with E-state index in [1.807, 2.05) is 6.07 Å². The van der Waals surface area contributed by atoms with Crippen molar-refractivity contribution in [2.45, 2.75) is 6.54 Å². The second kappa shape index (κ2) is 7.49. The molecule has 0 aliphatic rings. The SMILES string of the molecule is Cn1ncc(Br)c1C(=O)Nc1nn(Cc2ccc(Cl)c(Cl)c2)cc1Br. The van der Waals surface area contributed by atoms with E-state index in [9.17, 15) is 4.79 Å². The first kappa shape index (κ1) is 18.4. The molecule has 0 atom stereocenters. The fraction of sp³-hybridized carbons (Fsp3) is 0.133. The van der Waals surface area contributed by atoms with Crippen molar-refractivity contribution in [3.63, 3.8) is 0 Å². The van der Waals surface area contributed by atoms with Gasteiger partial charge in [0.2, 0.25) is 0 Å². The molecule has 0 fully saturated rings. The lowest BCUT2D eigenvalue weighted by Crippen LogP contribution is -2.17. The van der Waals surface area contributed by atoms with Crippen LogP contribution in [0.2, 0.25) is 10.0 Å². The third-order valence-corrected chi connectivity index (χ3v) is 5.29. The number of rotatable bonds is 4. The van der Waals surface area contributed by atoms with E-state index >= 15 is 0 Å². The maximum atomic E-state index is 12.4. The van der Waals surface area contributed by atoms with E-state index in [4.69, 9.17) is 23.2 Å². The summed E-state index contributed by atoms with van der Waals surface area (Å²) in [7, 11) is 1.69. The van der Waals surface area contributed by atoms with Crippen LogP contribution in [0.4, 0.5) is 5.82 Å². The van der Waals surface area contributed by atoms with Gasteiger partial charge in [0.1, 0.15) is 5.69 Å². The monoisotopic (exact) mass is 505 g/mol. The summed E-state index contributed by atoms with van der Waals surface area (Å²) in [6.45, 7) is 0.487. The largest absolute Gasteiger partial charge is 0.303 e. The van der Waals surface area contributed by atoms with Gasteiger partial charge in [-0.25, -0.2) is 0 Å². The van der Waals surface area contributed by atoms with Gasteiger partial charge in [-0.1, -0.05) is 29.3 Å². The van der Waals surface area contributed by atoms with Crippen LogP contribution in [0.1, 0.15) is 16.1 Å². The summed E-state index contributed by atoms with van der Waals surface area (Å²) in [4.78, 5) is 12.4. The molecule has 0 spiro atoms. The number of aryl methyl sites for hydroxylation is 1. The summed E-state index contributed by atoms with van der Waals surface area (Å²) in [5.74, 6) is 0.102. The van der Waals surface area contributed by atoms with Crippen LogP contribution < -0.4 is 5.32 Å². The van der Waals surface area contributed by atoms with Crippen LogP contribution in [0, 0.1) is 0 Å². The summed E-state index contributed by atoms with van der Waals surface area (Å²) >= 11 is 18.7. The fourth-order valence-electron chi connectivity index (χ4n) is 2.22. The van der Waals surface area contributed by atoms with Crippen LogP contribution >= 0.6 is 55.1 Å². The van der Waals surface area contributed by atoms with Crippen LogP contribution in [0.25, 0.3) is 0 Å². The molecule has 0 saturated heterocycles.